The predicted molar refractivity (Wildman–Crippen MR) is 102 cm³/mol. The highest BCUT2D eigenvalue weighted by Gasteiger charge is 2.14. The number of hydrogen-bond donors (Lipinski definition) is 2. The molecule has 5 heteroatoms. The lowest BCUT2D eigenvalue weighted by molar-refractivity contribution is 0.621. The topological polar surface area (TPSA) is 24.1 Å². The zero-order valence-corrected chi connectivity index (χ0v) is 15.8. The number of benzene rings is 2. The van der Waals surface area contributed by atoms with E-state index in [0.29, 0.717) is 15.3 Å². The molecule has 0 heterocycles. The van der Waals surface area contributed by atoms with Crippen molar-refractivity contribution in [2.45, 2.75) is 33.2 Å². The number of aryl methyl sites for hydroxylation is 2. The fraction of sp³-hybridized carbons (Fsp3) is 0.278. The van der Waals surface area contributed by atoms with Crippen LogP contribution < -0.4 is 10.6 Å². The molecule has 0 saturated carbocycles. The Bertz CT molecular complexity index is 718. The lowest BCUT2D eigenvalue weighted by atomic mass is 9.98. The molecule has 122 valence electrons. The fourth-order valence-corrected chi connectivity index (χ4v) is 3.11. The van der Waals surface area contributed by atoms with Gasteiger partial charge >= 0.3 is 0 Å². The van der Waals surface area contributed by atoms with Crippen LogP contribution in [0.1, 0.15) is 36.1 Å². The second-order valence-electron chi connectivity index (χ2n) is 5.54. The Morgan fingerprint density at radius 3 is 2.57 bits per heavy atom. The van der Waals surface area contributed by atoms with Crippen LogP contribution in [0.3, 0.4) is 0 Å². The molecule has 0 aromatic heterocycles. The van der Waals surface area contributed by atoms with Crippen LogP contribution in [0.5, 0.6) is 0 Å². The highest BCUT2D eigenvalue weighted by atomic mass is 79.9. The van der Waals surface area contributed by atoms with E-state index in [0.717, 1.165) is 6.42 Å². The second-order valence-corrected chi connectivity index (χ2v) is 6.87. The van der Waals surface area contributed by atoms with E-state index in [1.54, 1.807) is 12.1 Å². The Morgan fingerprint density at radius 2 is 1.96 bits per heavy atom. The Balaban J connectivity index is 2.10. The van der Waals surface area contributed by atoms with E-state index in [2.05, 4.69) is 65.5 Å². The van der Waals surface area contributed by atoms with Gasteiger partial charge in [-0.15, -0.1) is 0 Å². The minimum atomic E-state index is -0.344. The monoisotopic (exact) mass is 394 g/mol. The van der Waals surface area contributed by atoms with Gasteiger partial charge in [0.05, 0.1) is 11.7 Å². The van der Waals surface area contributed by atoms with Gasteiger partial charge in [-0.1, -0.05) is 46.6 Å². The lowest BCUT2D eigenvalue weighted by Crippen LogP contribution is -2.32. The average Bonchev–Trinajstić information content (AvgIpc) is 2.48. The van der Waals surface area contributed by atoms with Gasteiger partial charge in [0, 0.05) is 4.47 Å². The summed E-state index contributed by atoms with van der Waals surface area (Å²) in [5, 5.41) is 6.62. The van der Waals surface area contributed by atoms with E-state index in [1.165, 1.54) is 22.8 Å². The number of anilines is 1. The van der Waals surface area contributed by atoms with Crippen molar-refractivity contribution in [1.82, 2.24) is 5.32 Å². The molecule has 23 heavy (non-hydrogen) atoms. The summed E-state index contributed by atoms with van der Waals surface area (Å²) >= 11 is 8.58. The second kappa shape index (κ2) is 7.88. The van der Waals surface area contributed by atoms with E-state index >= 15 is 0 Å². The molecule has 0 aliphatic carbocycles. The van der Waals surface area contributed by atoms with Gasteiger partial charge in [0.15, 0.2) is 5.11 Å². The first-order valence-corrected chi connectivity index (χ1v) is 8.70. The van der Waals surface area contributed by atoms with Crippen LogP contribution in [0.25, 0.3) is 0 Å². The first kappa shape index (κ1) is 17.9. The normalized spacial score (nSPS) is 11.9. The van der Waals surface area contributed by atoms with E-state index in [9.17, 15) is 4.39 Å². The maximum Gasteiger partial charge on any atom is 0.171 e. The number of rotatable bonds is 4. The number of thiocarbonyl (C=S) groups is 1. The van der Waals surface area contributed by atoms with Gasteiger partial charge in [0.2, 0.25) is 0 Å². The molecule has 1 unspecified atom stereocenters. The van der Waals surface area contributed by atoms with Crippen LogP contribution in [0.2, 0.25) is 0 Å². The standard InChI is InChI=1S/C18H20BrFN2S/c1-4-16(14-7-5-11(2)9-12(14)3)21-18(23)22-17-8-6-13(19)10-15(17)20/h5-10,16H,4H2,1-3H3,(H2,21,22,23). The molecule has 2 N–H and O–H groups in total. The Morgan fingerprint density at radius 1 is 1.22 bits per heavy atom. The molecule has 0 amide bonds. The molecule has 0 fully saturated rings. The number of nitrogens with one attached hydrogen (secondary N) is 2. The Kier molecular flexibility index (Phi) is 6.13. The van der Waals surface area contributed by atoms with Gasteiger partial charge in [-0.25, -0.2) is 4.39 Å². The predicted octanol–water partition coefficient (Wildman–Crippen LogP) is 5.64. The van der Waals surface area contributed by atoms with Gasteiger partial charge in [-0.05, 0) is 61.8 Å². The summed E-state index contributed by atoms with van der Waals surface area (Å²) in [5.41, 5.74) is 4.03. The van der Waals surface area contributed by atoms with E-state index in [4.69, 9.17) is 12.2 Å². The molecule has 0 aliphatic heterocycles. The third-order valence-corrected chi connectivity index (χ3v) is 4.41. The minimum Gasteiger partial charge on any atom is -0.356 e. The Hall–Kier alpha value is -1.46. The summed E-state index contributed by atoms with van der Waals surface area (Å²) in [6.07, 6.45) is 0.883. The molecule has 2 rings (SSSR count). The van der Waals surface area contributed by atoms with Crippen LogP contribution in [0.4, 0.5) is 10.1 Å². The lowest BCUT2D eigenvalue weighted by Gasteiger charge is -2.22. The molecule has 2 nitrogen and oxygen atoms in total. The molecule has 2 aromatic rings. The summed E-state index contributed by atoms with van der Waals surface area (Å²) in [5.74, 6) is -0.344. The highest BCUT2D eigenvalue weighted by molar-refractivity contribution is 9.10. The molecular formula is C18H20BrFN2S. The van der Waals surface area contributed by atoms with Crippen LogP contribution in [0, 0.1) is 19.7 Å². The zero-order valence-electron chi connectivity index (χ0n) is 13.4. The first-order chi connectivity index (χ1) is 10.9. The van der Waals surface area contributed by atoms with Crippen molar-refractivity contribution >= 4 is 38.9 Å². The van der Waals surface area contributed by atoms with E-state index < -0.39 is 0 Å². The van der Waals surface area contributed by atoms with Gasteiger partial charge in [0.25, 0.3) is 0 Å². The number of hydrogen-bond acceptors (Lipinski definition) is 1. The molecule has 0 saturated heterocycles. The molecule has 0 spiro atoms. The van der Waals surface area contributed by atoms with Crippen molar-refractivity contribution in [2.75, 3.05) is 5.32 Å². The van der Waals surface area contributed by atoms with Gasteiger partial charge < -0.3 is 10.6 Å². The molecule has 2 aromatic carbocycles. The maximum atomic E-state index is 13.9. The average molecular weight is 395 g/mol. The highest BCUT2D eigenvalue weighted by Crippen LogP contribution is 2.23. The van der Waals surface area contributed by atoms with Crippen molar-refractivity contribution in [1.29, 1.82) is 0 Å². The molecule has 0 aliphatic rings. The molecule has 1 atom stereocenters. The van der Waals surface area contributed by atoms with Crippen molar-refractivity contribution in [2.24, 2.45) is 0 Å². The summed E-state index contributed by atoms with van der Waals surface area (Å²) in [4.78, 5) is 0. The third kappa shape index (κ3) is 4.75. The van der Waals surface area contributed by atoms with Crippen LogP contribution in [0.15, 0.2) is 40.9 Å². The van der Waals surface area contributed by atoms with Crippen LogP contribution in [-0.4, -0.2) is 5.11 Å². The fourth-order valence-electron chi connectivity index (χ4n) is 2.52. The van der Waals surface area contributed by atoms with Crippen LogP contribution >= 0.6 is 28.1 Å². The van der Waals surface area contributed by atoms with E-state index in [-0.39, 0.29) is 11.9 Å². The molecular weight excluding hydrogens is 375 g/mol. The molecule has 0 radical (unpaired) electrons. The summed E-state index contributed by atoms with van der Waals surface area (Å²) in [6.45, 7) is 6.27. The minimum absolute atomic E-state index is 0.0918. The van der Waals surface area contributed by atoms with Crippen molar-refractivity contribution < 1.29 is 4.39 Å². The smallest absolute Gasteiger partial charge is 0.171 e. The molecule has 0 bridgehead atoms. The van der Waals surface area contributed by atoms with Crippen LogP contribution in [-0.2, 0) is 0 Å². The van der Waals surface area contributed by atoms with Crippen molar-refractivity contribution in [3.05, 3.63) is 63.4 Å². The zero-order chi connectivity index (χ0) is 17.0. The van der Waals surface area contributed by atoms with Gasteiger partial charge in [-0.3, -0.25) is 0 Å². The summed E-state index contributed by atoms with van der Waals surface area (Å²) in [7, 11) is 0. The van der Waals surface area contributed by atoms with Gasteiger partial charge in [0.1, 0.15) is 5.82 Å². The SMILES string of the molecule is CCC(NC(=S)Nc1ccc(Br)cc1F)c1ccc(C)cc1C. The third-order valence-electron chi connectivity index (χ3n) is 3.69. The van der Waals surface area contributed by atoms with Gasteiger partial charge in [-0.2, -0.15) is 0 Å². The Labute approximate surface area is 150 Å². The number of halogens is 2. The first-order valence-electron chi connectivity index (χ1n) is 7.50. The van der Waals surface area contributed by atoms with Crippen molar-refractivity contribution in [3.8, 4) is 0 Å². The summed E-state index contributed by atoms with van der Waals surface area (Å²) in [6, 6.07) is 11.3. The maximum absolute atomic E-state index is 13.9. The quantitative estimate of drug-likeness (QED) is 0.655. The largest absolute Gasteiger partial charge is 0.356 e. The van der Waals surface area contributed by atoms with Crippen molar-refractivity contribution in [3.63, 3.8) is 0 Å². The van der Waals surface area contributed by atoms with E-state index in [1.807, 2.05) is 0 Å². The summed E-state index contributed by atoms with van der Waals surface area (Å²) < 4.78 is 14.6.